The van der Waals surface area contributed by atoms with Gasteiger partial charge in [0, 0.05) is 38.6 Å². The summed E-state index contributed by atoms with van der Waals surface area (Å²) in [4.78, 5) is 29.8. The van der Waals surface area contributed by atoms with Crippen molar-refractivity contribution in [2.24, 2.45) is 11.3 Å². The third-order valence-electron chi connectivity index (χ3n) is 5.86. The molecule has 2 unspecified atom stereocenters. The quantitative estimate of drug-likeness (QED) is 0.787. The third kappa shape index (κ3) is 5.97. The second-order valence-corrected chi connectivity index (χ2v) is 9.46. The Morgan fingerprint density at radius 2 is 1.65 bits per heavy atom. The van der Waals surface area contributed by atoms with Gasteiger partial charge in [-0.25, -0.2) is 0 Å². The molecule has 2 fully saturated rings. The van der Waals surface area contributed by atoms with Crippen LogP contribution >= 0.6 is 0 Å². The molecule has 0 aromatic heterocycles. The number of nitrogens with one attached hydrogen (secondary N) is 1. The number of amides is 2. The minimum absolute atomic E-state index is 0.0219. The Balaban J connectivity index is 1.97. The van der Waals surface area contributed by atoms with Gasteiger partial charge in [-0.15, -0.1) is 0 Å². The van der Waals surface area contributed by atoms with Gasteiger partial charge in [0.1, 0.15) is 0 Å². The first-order valence-corrected chi connectivity index (χ1v) is 10.5. The predicted octanol–water partition coefficient (Wildman–Crippen LogP) is 3.04. The molecule has 1 aliphatic heterocycles. The standard InChI is InChI=1S/C21H39N3O2/c1-6-16(2)22-20(26)19(17-9-7-8-10-17)24-13-11-23(12-14-24)18(25)15-21(3,4)5/h16-17,19H,6-15H2,1-5H3,(H,22,26). The zero-order valence-corrected chi connectivity index (χ0v) is 17.5. The van der Waals surface area contributed by atoms with Gasteiger partial charge in [0.05, 0.1) is 6.04 Å². The first kappa shape index (κ1) is 21.2. The molecule has 1 N–H and O–H groups in total. The summed E-state index contributed by atoms with van der Waals surface area (Å²) >= 11 is 0. The molecule has 2 rings (SSSR count). The smallest absolute Gasteiger partial charge is 0.237 e. The average molecular weight is 366 g/mol. The van der Waals surface area contributed by atoms with Crippen molar-refractivity contribution in [3.8, 4) is 0 Å². The van der Waals surface area contributed by atoms with E-state index in [4.69, 9.17) is 0 Å². The number of nitrogens with zero attached hydrogens (tertiary/aromatic N) is 2. The molecule has 1 aliphatic carbocycles. The van der Waals surface area contributed by atoms with Crippen molar-refractivity contribution in [3.05, 3.63) is 0 Å². The molecule has 1 saturated carbocycles. The van der Waals surface area contributed by atoms with Gasteiger partial charge in [0.2, 0.25) is 11.8 Å². The van der Waals surface area contributed by atoms with Gasteiger partial charge >= 0.3 is 0 Å². The molecule has 0 spiro atoms. The number of piperazine rings is 1. The number of carbonyl (C=O) groups excluding carboxylic acids is 2. The molecule has 5 nitrogen and oxygen atoms in total. The van der Waals surface area contributed by atoms with Crippen LogP contribution in [0.5, 0.6) is 0 Å². The van der Waals surface area contributed by atoms with Gasteiger partial charge in [0.15, 0.2) is 0 Å². The Kier molecular flexibility index (Phi) is 7.51. The second-order valence-electron chi connectivity index (χ2n) is 9.46. The first-order valence-electron chi connectivity index (χ1n) is 10.5. The summed E-state index contributed by atoms with van der Waals surface area (Å²) in [7, 11) is 0. The van der Waals surface area contributed by atoms with E-state index in [1.54, 1.807) is 0 Å². The third-order valence-corrected chi connectivity index (χ3v) is 5.86. The molecule has 0 radical (unpaired) electrons. The molecule has 2 atom stereocenters. The van der Waals surface area contributed by atoms with Crippen molar-refractivity contribution < 1.29 is 9.59 Å². The van der Waals surface area contributed by atoms with Crippen LogP contribution in [0.25, 0.3) is 0 Å². The van der Waals surface area contributed by atoms with E-state index in [1.165, 1.54) is 12.8 Å². The number of hydrogen-bond donors (Lipinski definition) is 1. The summed E-state index contributed by atoms with van der Waals surface area (Å²) in [6.07, 6.45) is 6.33. The Labute approximate surface area is 159 Å². The zero-order chi connectivity index (χ0) is 19.3. The highest BCUT2D eigenvalue weighted by molar-refractivity contribution is 5.82. The van der Waals surface area contributed by atoms with E-state index in [2.05, 4.69) is 44.8 Å². The summed E-state index contributed by atoms with van der Waals surface area (Å²) < 4.78 is 0. The van der Waals surface area contributed by atoms with Crippen LogP contribution in [0, 0.1) is 11.3 Å². The fourth-order valence-electron chi connectivity index (χ4n) is 4.20. The molecule has 0 aromatic carbocycles. The Morgan fingerprint density at radius 1 is 1.08 bits per heavy atom. The highest BCUT2D eigenvalue weighted by atomic mass is 16.2. The van der Waals surface area contributed by atoms with Crippen LogP contribution in [0.3, 0.4) is 0 Å². The van der Waals surface area contributed by atoms with Crippen LogP contribution < -0.4 is 5.32 Å². The van der Waals surface area contributed by atoms with E-state index >= 15 is 0 Å². The van der Waals surface area contributed by atoms with Crippen molar-refractivity contribution in [1.82, 2.24) is 15.1 Å². The summed E-state index contributed by atoms with van der Waals surface area (Å²) in [5, 5.41) is 3.21. The van der Waals surface area contributed by atoms with Crippen LogP contribution in [0.4, 0.5) is 0 Å². The molecular weight excluding hydrogens is 326 g/mol. The molecule has 1 heterocycles. The van der Waals surface area contributed by atoms with Gasteiger partial charge in [-0.2, -0.15) is 0 Å². The fourth-order valence-corrected chi connectivity index (χ4v) is 4.20. The molecule has 150 valence electrons. The zero-order valence-electron chi connectivity index (χ0n) is 17.5. The fraction of sp³-hybridized carbons (Fsp3) is 0.905. The lowest BCUT2D eigenvalue weighted by Gasteiger charge is -2.41. The van der Waals surface area contributed by atoms with E-state index in [-0.39, 0.29) is 29.3 Å². The maximum Gasteiger partial charge on any atom is 0.237 e. The summed E-state index contributed by atoms with van der Waals surface area (Å²) in [6, 6.07) is 0.201. The molecule has 2 aliphatic rings. The van der Waals surface area contributed by atoms with Gasteiger partial charge in [-0.05, 0) is 37.5 Å². The van der Waals surface area contributed by atoms with E-state index in [1.807, 2.05) is 4.90 Å². The summed E-state index contributed by atoms with van der Waals surface area (Å²) in [5.74, 6) is 0.912. The maximum absolute atomic E-state index is 13.0. The van der Waals surface area contributed by atoms with E-state index in [0.717, 1.165) is 45.4 Å². The predicted molar refractivity (Wildman–Crippen MR) is 106 cm³/mol. The van der Waals surface area contributed by atoms with Crippen LogP contribution in [-0.4, -0.2) is 59.9 Å². The molecule has 26 heavy (non-hydrogen) atoms. The monoisotopic (exact) mass is 365 g/mol. The molecular formula is C21H39N3O2. The number of rotatable bonds is 6. The Hall–Kier alpha value is -1.10. The summed E-state index contributed by atoms with van der Waals surface area (Å²) in [5.41, 5.74) is 0.0246. The lowest BCUT2D eigenvalue weighted by atomic mass is 9.91. The SMILES string of the molecule is CCC(C)NC(=O)C(C1CCCC1)N1CCN(C(=O)CC(C)(C)C)CC1. The van der Waals surface area contributed by atoms with Gasteiger partial charge in [0.25, 0.3) is 0 Å². The number of carbonyl (C=O) groups is 2. The highest BCUT2D eigenvalue weighted by Crippen LogP contribution is 2.31. The van der Waals surface area contributed by atoms with Gasteiger partial charge in [-0.3, -0.25) is 14.5 Å². The van der Waals surface area contributed by atoms with E-state index in [9.17, 15) is 9.59 Å². The van der Waals surface area contributed by atoms with Crippen molar-refractivity contribution in [2.45, 2.75) is 85.2 Å². The Bertz CT molecular complexity index is 472. The first-order chi connectivity index (χ1) is 12.2. The summed E-state index contributed by atoms with van der Waals surface area (Å²) in [6.45, 7) is 13.6. The maximum atomic E-state index is 13.0. The van der Waals surface area contributed by atoms with Crippen LogP contribution in [0.1, 0.15) is 73.1 Å². The lowest BCUT2D eigenvalue weighted by Crippen LogP contribution is -2.58. The van der Waals surface area contributed by atoms with E-state index < -0.39 is 0 Å². The average Bonchev–Trinajstić information content (AvgIpc) is 3.08. The second kappa shape index (κ2) is 9.20. The molecule has 5 heteroatoms. The highest BCUT2D eigenvalue weighted by Gasteiger charge is 2.37. The molecule has 2 amide bonds. The largest absolute Gasteiger partial charge is 0.352 e. The van der Waals surface area contributed by atoms with Crippen LogP contribution in [0.15, 0.2) is 0 Å². The van der Waals surface area contributed by atoms with Crippen molar-refractivity contribution in [3.63, 3.8) is 0 Å². The minimum Gasteiger partial charge on any atom is -0.352 e. The molecule has 0 aromatic rings. The molecule has 0 bridgehead atoms. The van der Waals surface area contributed by atoms with Crippen molar-refractivity contribution >= 4 is 11.8 Å². The number of hydrogen-bond acceptors (Lipinski definition) is 3. The van der Waals surface area contributed by atoms with Crippen molar-refractivity contribution in [1.29, 1.82) is 0 Å². The Morgan fingerprint density at radius 3 is 2.15 bits per heavy atom. The van der Waals surface area contributed by atoms with Crippen LogP contribution in [0.2, 0.25) is 0 Å². The van der Waals surface area contributed by atoms with Crippen molar-refractivity contribution in [2.75, 3.05) is 26.2 Å². The van der Waals surface area contributed by atoms with Gasteiger partial charge < -0.3 is 10.2 Å². The minimum atomic E-state index is -0.0219. The normalized spacial score (nSPS) is 22.3. The van der Waals surface area contributed by atoms with Gasteiger partial charge in [-0.1, -0.05) is 40.5 Å². The molecule has 1 saturated heterocycles. The lowest BCUT2D eigenvalue weighted by molar-refractivity contribution is -0.137. The topological polar surface area (TPSA) is 52.7 Å². The van der Waals surface area contributed by atoms with E-state index in [0.29, 0.717) is 12.3 Å². The van der Waals surface area contributed by atoms with Crippen LogP contribution in [-0.2, 0) is 9.59 Å².